The molecule has 1 fully saturated rings. The van der Waals surface area contributed by atoms with Crippen molar-refractivity contribution in [3.63, 3.8) is 0 Å². The number of ether oxygens (including phenoxy) is 3. The van der Waals surface area contributed by atoms with Crippen LogP contribution in [-0.4, -0.2) is 68.8 Å². The minimum atomic E-state index is -0.639. The zero-order valence-corrected chi connectivity index (χ0v) is 16.6. The first kappa shape index (κ1) is 21.3. The van der Waals surface area contributed by atoms with Crippen LogP contribution in [0.5, 0.6) is 11.5 Å². The van der Waals surface area contributed by atoms with E-state index in [1.54, 1.807) is 0 Å². The highest BCUT2D eigenvalue weighted by atomic mass is 35.5. The molecular weight excluding hydrogens is 374 g/mol. The summed E-state index contributed by atoms with van der Waals surface area (Å²) < 4.78 is 15.9. The Morgan fingerprint density at radius 2 is 2.00 bits per heavy atom. The molecule has 9 heteroatoms. The second-order valence-corrected chi connectivity index (χ2v) is 7.25. The van der Waals surface area contributed by atoms with E-state index in [0.29, 0.717) is 25.3 Å². The maximum absolute atomic E-state index is 12.6. The van der Waals surface area contributed by atoms with Crippen LogP contribution in [0.3, 0.4) is 0 Å². The third kappa shape index (κ3) is 5.72. The number of hydrogen-bond acceptors (Lipinski definition) is 6. The van der Waals surface area contributed by atoms with Crippen LogP contribution < -0.4 is 20.5 Å². The van der Waals surface area contributed by atoms with Gasteiger partial charge in [0.2, 0.25) is 0 Å². The third-order valence-corrected chi connectivity index (χ3v) is 4.68. The number of nitrogens with two attached hydrogens (primary N) is 1. The molecule has 8 nitrogen and oxygen atoms in total. The quantitative estimate of drug-likeness (QED) is 0.677. The van der Waals surface area contributed by atoms with Gasteiger partial charge in [0.15, 0.2) is 18.1 Å². The average Bonchev–Trinajstić information content (AvgIpc) is 2.65. The Labute approximate surface area is 163 Å². The van der Waals surface area contributed by atoms with Gasteiger partial charge in [-0.25, -0.2) is 0 Å². The molecule has 0 saturated carbocycles. The van der Waals surface area contributed by atoms with Crippen molar-refractivity contribution in [1.29, 1.82) is 0 Å². The van der Waals surface area contributed by atoms with E-state index < -0.39 is 5.91 Å². The lowest BCUT2D eigenvalue weighted by molar-refractivity contribution is -0.119. The number of amides is 2. The first-order valence-corrected chi connectivity index (χ1v) is 9.02. The van der Waals surface area contributed by atoms with E-state index in [0.717, 1.165) is 13.1 Å². The smallest absolute Gasteiger partial charge is 0.255 e. The second kappa shape index (κ2) is 9.25. The van der Waals surface area contributed by atoms with Gasteiger partial charge in [0.05, 0.1) is 25.3 Å². The van der Waals surface area contributed by atoms with Gasteiger partial charge in [0.25, 0.3) is 11.8 Å². The predicted molar refractivity (Wildman–Crippen MR) is 101 cm³/mol. The van der Waals surface area contributed by atoms with Gasteiger partial charge in [-0.15, -0.1) is 0 Å². The number of methoxy groups -OCH3 is 1. The van der Waals surface area contributed by atoms with Gasteiger partial charge < -0.3 is 25.3 Å². The predicted octanol–water partition coefficient (Wildman–Crippen LogP) is 1.05. The molecule has 0 bridgehead atoms. The monoisotopic (exact) mass is 399 g/mol. The van der Waals surface area contributed by atoms with Crippen molar-refractivity contribution in [2.24, 2.45) is 5.73 Å². The maximum atomic E-state index is 12.6. The van der Waals surface area contributed by atoms with Crippen LogP contribution in [0.25, 0.3) is 0 Å². The summed E-state index contributed by atoms with van der Waals surface area (Å²) in [6.45, 7) is 7.32. The molecule has 1 aromatic rings. The van der Waals surface area contributed by atoms with Gasteiger partial charge in [-0.2, -0.15) is 0 Å². The molecule has 0 aliphatic carbocycles. The number of nitrogens with one attached hydrogen (secondary N) is 1. The Hall–Kier alpha value is -2.03. The first-order chi connectivity index (χ1) is 12.7. The molecule has 0 aromatic heterocycles. The Balaban J connectivity index is 2.07. The van der Waals surface area contributed by atoms with Crippen LogP contribution in [0, 0.1) is 0 Å². The molecule has 1 saturated heterocycles. The third-order valence-electron chi connectivity index (χ3n) is 4.40. The topological polar surface area (TPSA) is 103 Å². The summed E-state index contributed by atoms with van der Waals surface area (Å²) in [7, 11) is 1.42. The summed E-state index contributed by atoms with van der Waals surface area (Å²) in [5, 5.41) is 3.09. The molecule has 3 N–H and O–H groups in total. The summed E-state index contributed by atoms with van der Waals surface area (Å²) in [6, 6.07) is 2.98. The number of nitrogens with zero attached hydrogens (tertiary/aromatic N) is 1. The number of rotatable bonds is 8. The van der Waals surface area contributed by atoms with E-state index in [4.69, 9.17) is 31.5 Å². The minimum absolute atomic E-state index is 0.160. The fraction of sp³-hybridized carbons (Fsp3) is 0.556. The molecule has 2 rings (SSSR count). The zero-order valence-electron chi connectivity index (χ0n) is 15.8. The van der Waals surface area contributed by atoms with Gasteiger partial charge >= 0.3 is 0 Å². The highest BCUT2D eigenvalue weighted by Gasteiger charge is 2.29. The summed E-state index contributed by atoms with van der Waals surface area (Å²) in [5.41, 5.74) is 5.20. The molecule has 1 heterocycles. The van der Waals surface area contributed by atoms with Crippen molar-refractivity contribution in [3.8, 4) is 11.5 Å². The van der Waals surface area contributed by atoms with E-state index >= 15 is 0 Å². The molecule has 1 aliphatic rings. The average molecular weight is 400 g/mol. The molecule has 1 aliphatic heterocycles. The Morgan fingerprint density at radius 3 is 2.59 bits per heavy atom. The van der Waals surface area contributed by atoms with Crippen molar-refractivity contribution >= 4 is 23.4 Å². The van der Waals surface area contributed by atoms with Crippen LogP contribution in [-0.2, 0) is 9.53 Å². The van der Waals surface area contributed by atoms with Crippen LogP contribution >= 0.6 is 11.6 Å². The lowest BCUT2D eigenvalue weighted by Crippen LogP contribution is -2.55. The van der Waals surface area contributed by atoms with Crippen LogP contribution in [0.4, 0.5) is 0 Å². The molecule has 2 amide bonds. The fourth-order valence-corrected chi connectivity index (χ4v) is 3.08. The Kier molecular flexibility index (Phi) is 7.29. The zero-order chi connectivity index (χ0) is 20.0. The summed E-state index contributed by atoms with van der Waals surface area (Å²) in [6.07, 6.45) is 0. The van der Waals surface area contributed by atoms with Crippen LogP contribution in [0.1, 0.15) is 24.2 Å². The normalized spacial score (nSPS) is 15.3. The van der Waals surface area contributed by atoms with Crippen LogP contribution in [0.15, 0.2) is 12.1 Å². The largest absolute Gasteiger partial charge is 0.493 e. The molecule has 0 atom stereocenters. The lowest BCUT2D eigenvalue weighted by atomic mass is 10.0. The number of morpholine rings is 1. The van der Waals surface area contributed by atoms with Gasteiger partial charge in [-0.05, 0) is 26.0 Å². The van der Waals surface area contributed by atoms with E-state index in [1.165, 1.54) is 19.2 Å². The van der Waals surface area contributed by atoms with Crippen molar-refractivity contribution in [2.75, 3.05) is 46.6 Å². The van der Waals surface area contributed by atoms with Gasteiger partial charge in [-0.1, -0.05) is 11.6 Å². The summed E-state index contributed by atoms with van der Waals surface area (Å²) in [5.74, 6) is -0.497. The van der Waals surface area contributed by atoms with E-state index in [2.05, 4.69) is 24.1 Å². The molecule has 1 aromatic carbocycles. The molecule has 150 valence electrons. The lowest BCUT2D eigenvalue weighted by Gasteiger charge is -2.40. The number of hydrogen-bond donors (Lipinski definition) is 2. The Bertz CT molecular complexity index is 690. The van der Waals surface area contributed by atoms with Gasteiger partial charge in [-0.3, -0.25) is 14.5 Å². The molecule has 0 radical (unpaired) electrons. The number of primary amides is 1. The second-order valence-electron chi connectivity index (χ2n) is 6.84. The van der Waals surface area contributed by atoms with Crippen molar-refractivity contribution in [3.05, 3.63) is 22.7 Å². The fourth-order valence-electron chi connectivity index (χ4n) is 2.81. The molecule has 27 heavy (non-hydrogen) atoms. The number of carbonyl (C=O) groups is 2. The van der Waals surface area contributed by atoms with Crippen LogP contribution in [0.2, 0.25) is 5.02 Å². The van der Waals surface area contributed by atoms with E-state index in [1.807, 2.05) is 0 Å². The SMILES string of the molecule is COc1cc(C(=O)NCC(C)(C)N2CCOCC2)cc(Cl)c1OCC(N)=O. The van der Waals surface area contributed by atoms with Gasteiger partial charge in [0.1, 0.15) is 0 Å². The number of benzene rings is 1. The van der Waals surface area contributed by atoms with Crippen molar-refractivity contribution in [2.45, 2.75) is 19.4 Å². The number of carbonyl (C=O) groups excluding carboxylic acids is 2. The van der Waals surface area contributed by atoms with Crippen molar-refractivity contribution < 1.29 is 23.8 Å². The minimum Gasteiger partial charge on any atom is -0.493 e. The highest BCUT2D eigenvalue weighted by molar-refractivity contribution is 6.32. The Morgan fingerprint density at radius 1 is 1.33 bits per heavy atom. The van der Waals surface area contributed by atoms with Gasteiger partial charge in [0, 0.05) is 30.7 Å². The van der Waals surface area contributed by atoms with Crippen molar-refractivity contribution in [1.82, 2.24) is 10.2 Å². The van der Waals surface area contributed by atoms with E-state index in [9.17, 15) is 9.59 Å². The summed E-state index contributed by atoms with van der Waals surface area (Å²) >= 11 is 6.19. The first-order valence-electron chi connectivity index (χ1n) is 8.64. The van der Waals surface area contributed by atoms with E-state index in [-0.39, 0.29) is 34.6 Å². The molecule has 0 unspecified atom stereocenters. The molecule has 0 spiro atoms. The maximum Gasteiger partial charge on any atom is 0.255 e. The summed E-state index contributed by atoms with van der Waals surface area (Å²) in [4.78, 5) is 25.8. The standard InChI is InChI=1S/C18H26ClN3O5/c1-18(2,22-4-6-26-7-5-22)11-21-17(24)12-8-13(19)16(14(9-12)25-3)27-10-15(20)23/h8-9H,4-7,10-11H2,1-3H3,(H2,20,23)(H,21,24). The molecular formula is C18H26ClN3O5. The highest BCUT2D eigenvalue weighted by Crippen LogP contribution is 2.36. The number of halogens is 1.